The van der Waals surface area contributed by atoms with Crippen LogP contribution in [-0.4, -0.2) is 0 Å². The highest BCUT2D eigenvalue weighted by atomic mass is 16.3. The number of nitrogens with zero attached hydrogens (tertiary/aromatic N) is 1. The summed E-state index contributed by atoms with van der Waals surface area (Å²) < 4.78 is 13.7. The maximum atomic E-state index is 7.00. The molecule has 2 aromatic heterocycles. The summed E-state index contributed by atoms with van der Waals surface area (Å²) in [7, 11) is 0. The van der Waals surface area contributed by atoms with Crippen LogP contribution in [0.4, 0.5) is 17.1 Å². The Morgan fingerprint density at radius 3 is 1.64 bits per heavy atom. The smallest absolute Gasteiger partial charge is 0.159 e. The summed E-state index contributed by atoms with van der Waals surface area (Å²) in [5.41, 5.74) is 21.0. The van der Waals surface area contributed by atoms with Crippen LogP contribution in [0.5, 0.6) is 0 Å². The molecule has 2 aliphatic carbocycles. The van der Waals surface area contributed by atoms with Crippen molar-refractivity contribution in [2.75, 3.05) is 4.90 Å². The SMILES string of the molecule is c1ccc(-c2ccccc2N(c2ccc(-c3cccc4c3oc3ccc5c(c34)-c3ccccc3C53c4ccccc4-c4ccccc43)cc2)c2cccc3c2oc2ccccc23)cc1. The minimum Gasteiger partial charge on any atom is -0.455 e. The number of rotatable bonds is 5. The van der Waals surface area contributed by atoms with Crippen molar-refractivity contribution < 1.29 is 8.83 Å². The molecule has 0 bridgehead atoms. The summed E-state index contributed by atoms with van der Waals surface area (Å²) in [5, 5.41) is 4.48. The van der Waals surface area contributed by atoms with Gasteiger partial charge in [0.1, 0.15) is 16.7 Å². The Bertz CT molecular complexity index is 3810. The Morgan fingerprint density at radius 1 is 0.312 bits per heavy atom. The van der Waals surface area contributed by atoms with Crippen LogP contribution >= 0.6 is 0 Å². The third kappa shape index (κ3) is 4.70. The maximum Gasteiger partial charge on any atom is 0.159 e. The molecule has 0 aliphatic heterocycles. The zero-order valence-corrected chi connectivity index (χ0v) is 34.6. The van der Waals surface area contributed by atoms with Gasteiger partial charge in [-0.05, 0) is 92.0 Å². The standard InChI is InChI=1S/C61H37NO2/c1-2-16-38(17-3-1)41-18-7-12-29-53(41)62(54-30-15-24-46-45-21-8-13-31-55(45)63-60(46)54)40-34-32-39(33-35-40)42-23-14-25-48-58-56(64-59(42)48)37-36-52-57(58)47-22-6-11-28-51(47)61(52)49-26-9-4-19-43(49)44-20-5-10-27-50(44)61/h1-37H. The van der Waals surface area contributed by atoms with Gasteiger partial charge in [0.05, 0.1) is 16.8 Å². The van der Waals surface area contributed by atoms with Crippen molar-refractivity contribution in [1.29, 1.82) is 0 Å². The summed E-state index contributed by atoms with van der Waals surface area (Å²) >= 11 is 0. The van der Waals surface area contributed by atoms with Gasteiger partial charge < -0.3 is 13.7 Å². The van der Waals surface area contributed by atoms with Crippen molar-refractivity contribution in [3.63, 3.8) is 0 Å². The Kier molecular flexibility index (Phi) is 7.32. The van der Waals surface area contributed by atoms with Crippen LogP contribution in [0.3, 0.4) is 0 Å². The van der Waals surface area contributed by atoms with Gasteiger partial charge in [0.2, 0.25) is 0 Å². The first kappa shape index (κ1) is 35.2. The molecule has 14 rings (SSSR count). The van der Waals surface area contributed by atoms with E-state index in [2.05, 4.69) is 217 Å². The quantitative estimate of drug-likeness (QED) is 0.173. The van der Waals surface area contributed by atoms with E-state index < -0.39 is 5.41 Å². The monoisotopic (exact) mass is 815 g/mol. The van der Waals surface area contributed by atoms with E-state index in [1.165, 1.54) is 49.9 Å². The molecule has 0 fully saturated rings. The summed E-state index contributed by atoms with van der Waals surface area (Å²) in [5.74, 6) is 0. The molecule has 12 aromatic rings. The molecule has 2 aliphatic rings. The van der Waals surface area contributed by atoms with Crippen LogP contribution in [-0.2, 0) is 5.41 Å². The number of hydrogen-bond donors (Lipinski definition) is 0. The van der Waals surface area contributed by atoms with E-state index >= 15 is 0 Å². The van der Waals surface area contributed by atoms with E-state index in [9.17, 15) is 0 Å². The van der Waals surface area contributed by atoms with Gasteiger partial charge in [-0.2, -0.15) is 0 Å². The molecule has 3 heteroatoms. The van der Waals surface area contributed by atoms with E-state index in [0.29, 0.717) is 0 Å². The van der Waals surface area contributed by atoms with Crippen LogP contribution in [0.2, 0.25) is 0 Å². The summed E-state index contributed by atoms with van der Waals surface area (Å²) in [6.07, 6.45) is 0. The first-order valence-corrected chi connectivity index (χ1v) is 22.0. The van der Waals surface area contributed by atoms with Crippen molar-refractivity contribution in [3.8, 4) is 44.5 Å². The van der Waals surface area contributed by atoms with Gasteiger partial charge in [-0.15, -0.1) is 0 Å². The zero-order valence-electron chi connectivity index (χ0n) is 34.6. The minimum absolute atomic E-state index is 0.415. The highest BCUT2D eigenvalue weighted by Gasteiger charge is 2.52. The Hall–Kier alpha value is -8.40. The van der Waals surface area contributed by atoms with Gasteiger partial charge in [0.25, 0.3) is 0 Å². The molecule has 0 unspecified atom stereocenters. The largest absolute Gasteiger partial charge is 0.455 e. The molecule has 3 nitrogen and oxygen atoms in total. The lowest BCUT2D eigenvalue weighted by Gasteiger charge is -2.30. The zero-order chi connectivity index (χ0) is 41.9. The lowest BCUT2D eigenvalue weighted by atomic mass is 9.70. The van der Waals surface area contributed by atoms with Crippen molar-refractivity contribution in [1.82, 2.24) is 0 Å². The predicted octanol–water partition coefficient (Wildman–Crippen LogP) is 16.6. The molecule has 0 saturated carbocycles. The molecule has 0 saturated heterocycles. The molecule has 0 atom stereocenters. The molecule has 64 heavy (non-hydrogen) atoms. The lowest BCUT2D eigenvalue weighted by molar-refractivity contribution is 0.669. The van der Waals surface area contributed by atoms with Crippen LogP contribution < -0.4 is 4.90 Å². The Labute approximate surface area is 369 Å². The molecule has 0 radical (unpaired) electrons. The highest BCUT2D eigenvalue weighted by Crippen LogP contribution is 2.64. The fraction of sp³-hybridized carbons (Fsp3) is 0.0164. The first-order valence-electron chi connectivity index (χ1n) is 22.0. The van der Waals surface area contributed by atoms with Gasteiger partial charge in [-0.3, -0.25) is 0 Å². The van der Waals surface area contributed by atoms with Crippen molar-refractivity contribution >= 4 is 60.9 Å². The minimum atomic E-state index is -0.415. The Morgan fingerprint density at radius 2 is 0.859 bits per heavy atom. The van der Waals surface area contributed by atoms with Gasteiger partial charge in [-0.1, -0.05) is 188 Å². The van der Waals surface area contributed by atoms with Crippen LogP contribution in [0.1, 0.15) is 22.3 Å². The van der Waals surface area contributed by atoms with Gasteiger partial charge in [0.15, 0.2) is 5.58 Å². The fourth-order valence-electron chi connectivity index (χ4n) is 11.3. The van der Waals surface area contributed by atoms with Crippen molar-refractivity contribution in [2.24, 2.45) is 0 Å². The van der Waals surface area contributed by atoms with Crippen LogP contribution in [0.15, 0.2) is 233 Å². The van der Waals surface area contributed by atoms with E-state index in [1.54, 1.807) is 0 Å². The number of benzene rings is 10. The molecule has 298 valence electrons. The number of hydrogen-bond acceptors (Lipinski definition) is 3. The fourth-order valence-corrected chi connectivity index (χ4v) is 11.3. The van der Waals surface area contributed by atoms with E-state index in [1.807, 2.05) is 12.1 Å². The number of para-hydroxylation sites is 4. The second-order valence-electron chi connectivity index (χ2n) is 17.0. The third-order valence-electron chi connectivity index (χ3n) is 13.9. The molecular formula is C61H37NO2. The molecule has 0 N–H and O–H groups in total. The second kappa shape index (κ2) is 13.3. The summed E-state index contributed by atoms with van der Waals surface area (Å²) in [6.45, 7) is 0. The molecule has 10 aromatic carbocycles. The number of anilines is 3. The molecule has 1 spiro atoms. The van der Waals surface area contributed by atoms with Crippen LogP contribution in [0.25, 0.3) is 88.4 Å². The molecular weight excluding hydrogens is 779 g/mol. The Balaban J connectivity index is 0.952. The maximum absolute atomic E-state index is 7.00. The van der Waals surface area contributed by atoms with Crippen molar-refractivity contribution in [3.05, 3.63) is 247 Å². The average Bonchev–Trinajstić information content (AvgIpc) is 4.10. The topological polar surface area (TPSA) is 29.5 Å². The summed E-state index contributed by atoms with van der Waals surface area (Å²) in [4.78, 5) is 2.34. The van der Waals surface area contributed by atoms with Gasteiger partial charge in [-0.25, -0.2) is 0 Å². The third-order valence-corrected chi connectivity index (χ3v) is 13.9. The van der Waals surface area contributed by atoms with Crippen molar-refractivity contribution in [2.45, 2.75) is 5.41 Å². The number of fused-ring (bicyclic) bond motifs is 17. The van der Waals surface area contributed by atoms with Gasteiger partial charge in [0, 0.05) is 38.4 Å². The predicted molar refractivity (Wildman–Crippen MR) is 263 cm³/mol. The summed E-state index contributed by atoms with van der Waals surface area (Å²) in [6, 6.07) is 81.0. The second-order valence-corrected chi connectivity index (χ2v) is 17.0. The normalized spacial score (nSPS) is 13.1. The lowest BCUT2D eigenvalue weighted by Crippen LogP contribution is -2.25. The van der Waals surface area contributed by atoms with Gasteiger partial charge >= 0.3 is 0 Å². The van der Waals surface area contributed by atoms with E-state index in [-0.39, 0.29) is 0 Å². The van der Waals surface area contributed by atoms with E-state index in [4.69, 9.17) is 8.83 Å². The molecule has 0 amide bonds. The first-order chi connectivity index (χ1) is 31.8. The van der Waals surface area contributed by atoms with Crippen LogP contribution in [0, 0.1) is 0 Å². The van der Waals surface area contributed by atoms with E-state index in [0.717, 1.165) is 77.8 Å². The number of furan rings is 2. The molecule has 2 heterocycles. The highest BCUT2D eigenvalue weighted by molar-refractivity contribution is 6.18. The average molecular weight is 816 g/mol.